The average molecular weight is 452 g/mol. The maximum absolute atomic E-state index is 12.0. The van der Waals surface area contributed by atoms with Crippen LogP contribution in [0.1, 0.15) is 19.8 Å². The number of carbonyl (C=O) groups excluding carboxylic acids is 1. The van der Waals surface area contributed by atoms with Crippen LogP contribution in [0.4, 0.5) is 11.4 Å². The average Bonchev–Trinajstić information content (AvgIpc) is 3.58. The van der Waals surface area contributed by atoms with E-state index in [2.05, 4.69) is 26.2 Å². The topological polar surface area (TPSA) is 132 Å². The lowest BCUT2D eigenvalue weighted by Gasteiger charge is -2.38. The van der Waals surface area contributed by atoms with Gasteiger partial charge in [0.15, 0.2) is 0 Å². The molecule has 2 saturated heterocycles. The number of hydrogen-bond donors (Lipinski definition) is 5. The Kier molecular flexibility index (Phi) is 6.68. The number of sulfonamides is 1. The fourth-order valence-corrected chi connectivity index (χ4v) is 5.17. The lowest BCUT2D eigenvalue weighted by Crippen LogP contribution is -2.68. The summed E-state index contributed by atoms with van der Waals surface area (Å²) in [6.45, 7) is 4.58. The molecule has 0 radical (unpaired) electrons. The van der Waals surface area contributed by atoms with E-state index in [9.17, 15) is 13.2 Å². The molecule has 3 unspecified atom stereocenters. The number of nitrogens with one attached hydrogen (secondary N) is 4. The monoisotopic (exact) mass is 451 g/mol. The number of benzene rings is 1. The van der Waals surface area contributed by atoms with Gasteiger partial charge in [0, 0.05) is 50.1 Å². The lowest BCUT2D eigenvalue weighted by atomic mass is 10.0. The number of primary amides is 1. The Labute approximate surface area is 184 Å². The van der Waals surface area contributed by atoms with Crippen LogP contribution in [0.3, 0.4) is 0 Å². The zero-order valence-corrected chi connectivity index (χ0v) is 18.7. The zero-order chi connectivity index (χ0) is 22.0. The predicted molar refractivity (Wildman–Crippen MR) is 121 cm³/mol. The van der Waals surface area contributed by atoms with Crippen molar-refractivity contribution in [2.24, 2.45) is 11.7 Å². The highest BCUT2D eigenvalue weighted by atomic mass is 32.2. The Morgan fingerprint density at radius 3 is 2.42 bits per heavy atom. The van der Waals surface area contributed by atoms with Crippen LogP contribution in [0.15, 0.2) is 24.3 Å². The van der Waals surface area contributed by atoms with Crippen molar-refractivity contribution >= 4 is 27.3 Å². The fraction of sp³-hybridized carbons (Fsp3) is 0.650. The number of carbonyl (C=O) groups is 1. The standard InChI is InChI=1S/C20H33N7O3S/c1-2-31(29,30)27-11-9-26(10-12-27)16-7-5-15(6-8-16)24-20-22-13-17(18(21)28)19(25-20)23-14-3-4-14/h5-8,14,17,19-20,22-25H,2-4,9-13H2,1H3,(H2,21,28). The first-order valence-electron chi connectivity index (χ1n) is 11.0. The maximum Gasteiger partial charge on any atom is 0.224 e. The van der Waals surface area contributed by atoms with E-state index in [0.29, 0.717) is 38.8 Å². The van der Waals surface area contributed by atoms with Crippen LogP contribution in [0.5, 0.6) is 0 Å². The van der Waals surface area contributed by atoms with Gasteiger partial charge in [-0.15, -0.1) is 0 Å². The molecule has 10 nitrogen and oxygen atoms in total. The molecule has 6 N–H and O–H groups in total. The Morgan fingerprint density at radius 1 is 1.16 bits per heavy atom. The first-order valence-corrected chi connectivity index (χ1v) is 12.6. The summed E-state index contributed by atoms with van der Waals surface area (Å²) in [5.41, 5.74) is 7.58. The van der Waals surface area contributed by atoms with Crippen molar-refractivity contribution in [3.8, 4) is 0 Å². The molecule has 4 rings (SSSR count). The molecule has 0 aromatic heterocycles. The summed E-state index contributed by atoms with van der Waals surface area (Å²) >= 11 is 0. The van der Waals surface area contributed by atoms with Crippen LogP contribution in [0, 0.1) is 5.92 Å². The van der Waals surface area contributed by atoms with Crippen LogP contribution >= 0.6 is 0 Å². The van der Waals surface area contributed by atoms with Crippen molar-refractivity contribution in [2.45, 2.75) is 38.3 Å². The summed E-state index contributed by atoms with van der Waals surface area (Å²) in [4.78, 5) is 14.0. The van der Waals surface area contributed by atoms with Crippen molar-refractivity contribution in [3.63, 3.8) is 0 Å². The molecule has 11 heteroatoms. The van der Waals surface area contributed by atoms with Crippen molar-refractivity contribution in [1.29, 1.82) is 0 Å². The molecule has 1 aromatic carbocycles. The third kappa shape index (κ3) is 5.47. The number of anilines is 2. The quantitative estimate of drug-likeness (QED) is 0.348. The van der Waals surface area contributed by atoms with Crippen LogP contribution < -0.4 is 31.9 Å². The molecule has 2 aliphatic heterocycles. The predicted octanol–water partition coefficient (Wildman–Crippen LogP) is -0.774. The third-order valence-corrected chi connectivity index (χ3v) is 8.07. The molecule has 2 heterocycles. The number of hydrogen-bond acceptors (Lipinski definition) is 8. The summed E-state index contributed by atoms with van der Waals surface area (Å²) in [7, 11) is -3.12. The molecule has 1 saturated carbocycles. The summed E-state index contributed by atoms with van der Waals surface area (Å²) in [6.07, 6.45) is 1.93. The second kappa shape index (κ2) is 9.29. The first kappa shape index (κ1) is 22.3. The molecule has 0 spiro atoms. The highest BCUT2D eigenvalue weighted by Gasteiger charge is 2.36. The highest BCUT2D eigenvalue weighted by molar-refractivity contribution is 7.89. The molecule has 1 aromatic rings. The van der Waals surface area contributed by atoms with Gasteiger partial charge < -0.3 is 16.0 Å². The van der Waals surface area contributed by atoms with Gasteiger partial charge >= 0.3 is 0 Å². The molecule has 3 atom stereocenters. The van der Waals surface area contributed by atoms with E-state index >= 15 is 0 Å². The number of amides is 1. The van der Waals surface area contributed by atoms with E-state index in [1.54, 1.807) is 11.2 Å². The second-order valence-corrected chi connectivity index (χ2v) is 10.7. The van der Waals surface area contributed by atoms with Gasteiger partial charge in [0.25, 0.3) is 0 Å². The maximum atomic E-state index is 12.0. The van der Waals surface area contributed by atoms with Gasteiger partial charge in [-0.05, 0) is 44.0 Å². The van der Waals surface area contributed by atoms with E-state index in [1.807, 2.05) is 24.3 Å². The van der Waals surface area contributed by atoms with Crippen LogP contribution in [-0.2, 0) is 14.8 Å². The Balaban J connectivity index is 1.31. The fourth-order valence-electron chi connectivity index (χ4n) is 4.09. The molecular weight excluding hydrogens is 418 g/mol. The van der Waals surface area contributed by atoms with Crippen molar-refractivity contribution in [2.75, 3.05) is 48.7 Å². The molecule has 1 aliphatic carbocycles. The van der Waals surface area contributed by atoms with Crippen LogP contribution in [0.2, 0.25) is 0 Å². The van der Waals surface area contributed by atoms with Crippen molar-refractivity contribution in [3.05, 3.63) is 24.3 Å². The van der Waals surface area contributed by atoms with Gasteiger partial charge in [0.05, 0.1) is 17.8 Å². The zero-order valence-electron chi connectivity index (χ0n) is 17.9. The molecule has 3 aliphatic rings. The second-order valence-electron chi connectivity index (χ2n) is 8.41. The van der Waals surface area contributed by atoms with Crippen LogP contribution in [-0.4, -0.2) is 75.6 Å². The third-order valence-electron chi connectivity index (χ3n) is 6.19. The van der Waals surface area contributed by atoms with Crippen molar-refractivity contribution in [1.82, 2.24) is 20.3 Å². The molecule has 31 heavy (non-hydrogen) atoms. The van der Waals surface area contributed by atoms with Gasteiger partial charge in [0.1, 0.15) is 6.29 Å². The van der Waals surface area contributed by atoms with Gasteiger partial charge in [-0.1, -0.05) is 0 Å². The van der Waals surface area contributed by atoms with Gasteiger partial charge in [-0.2, -0.15) is 4.31 Å². The molecule has 1 amide bonds. The largest absolute Gasteiger partial charge is 0.369 e. The normalized spacial score (nSPS) is 27.8. The summed E-state index contributed by atoms with van der Waals surface area (Å²) in [5.74, 6) is -0.461. The van der Waals surface area contributed by atoms with Gasteiger partial charge in [-0.25, -0.2) is 8.42 Å². The van der Waals surface area contributed by atoms with Crippen molar-refractivity contribution < 1.29 is 13.2 Å². The van der Waals surface area contributed by atoms with Gasteiger partial charge in [0.2, 0.25) is 15.9 Å². The Hall–Kier alpha value is -1.92. The lowest BCUT2D eigenvalue weighted by molar-refractivity contribution is -0.123. The number of nitrogens with two attached hydrogens (primary N) is 1. The molecular formula is C20H33N7O3S. The van der Waals surface area contributed by atoms with E-state index in [4.69, 9.17) is 5.73 Å². The Bertz CT molecular complexity index is 867. The summed E-state index contributed by atoms with van der Waals surface area (Å²) in [5, 5.41) is 13.6. The molecule has 172 valence electrons. The minimum Gasteiger partial charge on any atom is -0.369 e. The minimum absolute atomic E-state index is 0.147. The van der Waals surface area contributed by atoms with E-state index in [0.717, 1.165) is 24.2 Å². The highest BCUT2D eigenvalue weighted by Crippen LogP contribution is 2.23. The molecule has 3 fully saturated rings. The number of nitrogens with zero attached hydrogens (tertiary/aromatic N) is 2. The SMILES string of the molecule is CCS(=O)(=O)N1CCN(c2ccc(NC3NCC(C(N)=O)C(NC4CC4)N3)cc2)CC1. The minimum atomic E-state index is -3.12. The first-order chi connectivity index (χ1) is 14.9. The molecule has 0 bridgehead atoms. The smallest absolute Gasteiger partial charge is 0.224 e. The Morgan fingerprint density at radius 2 is 1.84 bits per heavy atom. The van der Waals surface area contributed by atoms with E-state index < -0.39 is 10.0 Å². The van der Waals surface area contributed by atoms with Gasteiger partial charge in [-0.3, -0.25) is 20.7 Å². The number of piperazine rings is 1. The number of rotatable bonds is 8. The summed E-state index contributed by atoms with van der Waals surface area (Å²) < 4.78 is 25.6. The van der Waals surface area contributed by atoms with E-state index in [-0.39, 0.29) is 30.0 Å². The summed E-state index contributed by atoms with van der Waals surface area (Å²) in [6, 6.07) is 8.57. The van der Waals surface area contributed by atoms with Crippen LogP contribution in [0.25, 0.3) is 0 Å². The van der Waals surface area contributed by atoms with E-state index in [1.165, 1.54) is 0 Å².